The quantitative estimate of drug-likeness (QED) is 0.144. The number of fused-ring (bicyclic) bond motifs is 1. The van der Waals surface area contributed by atoms with Gasteiger partial charge in [-0.15, -0.1) is 0 Å². The minimum Gasteiger partial charge on any atom is -0.388 e. The van der Waals surface area contributed by atoms with Crippen molar-refractivity contribution in [1.82, 2.24) is 35.1 Å². The number of imidazole rings is 1. The molecule has 1 aliphatic carbocycles. The van der Waals surface area contributed by atoms with Crippen LogP contribution in [0.5, 0.6) is 0 Å². The number of amides is 3. The molecule has 53 heavy (non-hydrogen) atoms. The highest BCUT2D eigenvalue weighted by Crippen LogP contribution is 2.38. The average Bonchev–Trinajstić information content (AvgIpc) is 3.85. The van der Waals surface area contributed by atoms with E-state index in [-0.39, 0.29) is 43.4 Å². The molecule has 13 nitrogen and oxygen atoms in total. The summed E-state index contributed by atoms with van der Waals surface area (Å²) in [6, 6.07) is 17.3. The first-order valence-electron chi connectivity index (χ1n) is 18.0. The molecule has 4 aromatic rings. The molecule has 16 heteroatoms. The second-order valence-electron chi connectivity index (χ2n) is 14.0. The lowest BCUT2D eigenvalue weighted by Crippen LogP contribution is -2.51. The first-order chi connectivity index (χ1) is 25.3. The molecule has 3 amide bonds. The van der Waals surface area contributed by atoms with Gasteiger partial charge in [0.2, 0.25) is 5.95 Å². The Morgan fingerprint density at radius 2 is 1.66 bits per heavy atom. The lowest BCUT2D eigenvalue weighted by Gasteiger charge is -2.31. The standard InChI is InChI=1S/C37H46F3N9O4/c1-4-16-48(34(52)37(38,39)40)27-18-28(31(51)30(27)50)49-21-42-29-32(41-19-26(23-11-7-5-8-12-23)24-13-9-6-10-14-24)45-35(46-33(29)49)47-17-15-25(20-47)44-36(53)43-22(2)3/h5-14,21-22,25-28,30-31,50-51H,4,15-20H2,1-3H3,(H,41,45,46)(H2,43,44,53)/t25-,27+,28-,30-,31+/m1/s1. The van der Waals surface area contributed by atoms with Gasteiger partial charge in [0.25, 0.3) is 0 Å². The van der Waals surface area contributed by atoms with Crippen molar-refractivity contribution in [3.05, 3.63) is 78.1 Å². The second kappa shape index (κ2) is 16.0. The molecule has 284 valence electrons. The van der Waals surface area contributed by atoms with Gasteiger partial charge in [-0.2, -0.15) is 23.1 Å². The van der Waals surface area contributed by atoms with E-state index in [1.807, 2.05) is 55.1 Å². The van der Waals surface area contributed by atoms with E-state index in [1.54, 1.807) is 11.5 Å². The van der Waals surface area contributed by atoms with Crippen LogP contribution < -0.4 is 20.9 Å². The average molecular weight is 738 g/mol. The van der Waals surface area contributed by atoms with Crippen molar-refractivity contribution in [3.63, 3.8) is 0 Å². The van der Waals surface area contributed by atoms with Crippen LogP contribution in [0.4, 0.5) is 29.7 Å². The number of carbonyl (C=O) groups is 2. The summed E-state index contributed by atoms with van der Waals surface area (Å²) in [5.74, 6) is -1.40. The van der Waals surface area contributed by atoms with E-state index >= 15 is 0 Å². The van der Waals surface area contributed by atoms with Crippen LogP contribution in [0, 0.1) is 0 Å². The number of hydrogen-bond donors (Lipinski definition) is 5. The highest BCUT2D eigenvalue weighted by atomic mass is 19.4. The number of halogens is 3. The number of carbonyl (C=O) groups excluding carboxylic acids is 2. The van der Waals surface area contributed by atoms with Gasteiger partial charge >= 0.3 is 18.1 Å². The molecular formula is C37H46F3N9O4. The third-order valence-corrected chi connectivity index (χ3v) is 9.86. The van der Waals surface area contributed by atoms with Gasteiger partial charge in [-0.3, -0.25) is 4.79 Å². The molecule has 1 saturated carbocycles. The molecule has 2 fully saturated rings. The maximum atomic E-state index is 13.6. The Morgan fingerprint density at radius 1 is 1.00 bits per heavy atom. The first kappa shape index (κ1) is 37.8. The summed E-state index contributed by atoms with van der Waals surface area (Å²) in [5.41, 5.74) is 2.81. The van der Waals surface area contributed by atoms with Crippen molar-refractivity contribution in [2.24, 2.45) is 0 Å². The number of nitrogens with zero attached hydrogens (tertiary/aromatic N) is 6. The van der Waals surface area contributed by atoms with E-state index in [0.29, 0.717) is 53.9 Å². The van der Waals surface area contributed by atoms with E-state index in [9.17, 15) is 33.0 Å². The number of aliphatic hydroxyl groups excluding tert-OH is 2. The van der Waals surface area contributed by atoms with Crippen molar-refractivity contribution >= 4 is 34.9 Å². The molecule has 5 N–H and O–H groups in total. The van der Waals surface area contributed by atoms with Gasteiger partial charge in [-0.1, -0.05) is 67.6 Å². The van der Waals surface area contributed by atoms with E-state index in [1.165, 1.54) is 6.33 Å². The Balaban J connectivity index is 1.35. The lowest BCUT2D eigenvalue weighted by molar-refractivity contribution is -0.190. The normalized spacial score (nSPS) is 21.8. The van der Waals surface area contributed by atoms with Crippen LogP contribution in [0.3, 0.4) is 0 Å². The Kier molecular flexibility index (Phi) is 11.4. The van der Waals surface area contributed by atoms with Crippen molar-refractivity contribution in [1.29, 1.82) is 0 Å². The monoisotopic (exact) mass is 737 g/mol. The third-order valence-electron chi connectivity index (χ3n) is 9.86. The van der Waals surface area contributed by atoms with Crippen LogP contribution in [-0.4, -0.2) is 109 Å². The Morgan fingerprint density at radius 3 is 2.26 bits per heavy atom. The van der Waals surface area contributed by atoms with E-state index in [2.05, 4.69) is 45.2 Å². The topological polar surface area (TPSA) is 161 Å². The molecule has 0 unspecified atom stereocenters. The summed E-state index contributed by atoms with van der Waals surface area (Å²) in [5, 5.41) is 31.7. The SMILES string of the molecule is CCCN(C(=O)C(F)(F)F)[C@H]1C[C@@H](n2cnc3c(NCC(c4ccccc4)c4ccccc4)nc(N4CC[C@@H](NC(=O)NC(C)C)C4)nc32)[C@H](O)[C@@H]1O. The van der Waals surface area contributed by atoms with Gasteiger partial charge < -0.3 is 40.5 Å². The Bertz CT molecular complexity index is 1820. The van der Waals surface area contributed by atoms with Crippen LogP contribution in [0.2, 0.25) is 0 Å². The molecule has 1 aliphatic heterocycles. The summed E-state index contributed by atoms with van der Waals surface area (Å²) in [6.45, 7) is 6.51. The molecule has 5 atom stereocenters. The lowest BCUT2D eigenvalue weighted by atomic mass is 9.91. The van der Waals surface area contributed by atoms with Crippen LogP contribution >= 0.6 is 0 Å². The number of urea groups is 1. The van der Waals surface area contributed by atoms with E-state index in [0.717, 1.165) is 11.1 Å². The van der Waals surface area contributed by atoms with Gasteiger partial charge in [0.05, 0.1) is 18.4 Å². The number of hydrogen-bond acceptors (Lipinski definition) is 9. The van der Waals surface area contributed by atoms with Crippen molar-refractivity contribution in [2.75, 3.05) is 36.4 Å². The zero-order valence-corrected chi connectivity index (χ0v) is 29.9. The Hall–Kier alpha value is -4.96. The summed E-state index contributed by atoms with van der Waals surface area (Å²) < 4.78 is 42.4. The molecule has 3 heterocycles. The van der Waals surface area contributed by atoms with Gasteiger partial charge in [-0.05, 0) is 44.2 Å². The van der Waals surface area contributed by atoms with Crippen LogP contribution in [-0.2, 0) is 4.79 Å². The van der Waals surface area contributed by atoms with Gasteiger partial charge in [0.1, 0.15) is 12.2 Å². The fourth-order valence-corrected chi connectivity index (χ4v) is 7.35. The maximum Gasteiger partial charge on any atom is 0.471 e. The van der Waals surface area contributed by atoms with E-state index < -0.39 is 36.4 Å². The Labute approximate surface area is 305 Å². The summed E-state index contributed by atoms with van der Waals surface area (Å²) in [4.78, 5) is 41.8. The number of anilines is 2. The third kappa shape index (κ3) is 8.33. The highest BCUT2D eigenvalue weighted by molar-refractivity contribution is 5.85. The number of alkyl halides is 3. The number of aliphatic hydroxyl groups is 2. The molecule has 6 rings (SSSR count). The summed E-state index contributed by atoms with van der Waals surface area (Å²) in [6.07, 6.45) is -6.18. The van der Waals surface area contributed by atoms with Crippen LogP contribution in [0.15, 0.2) is 67.0 Å². The molecule has 0 bridgehead atoms. The van der Waals surface area contributed by atoms with Gasteiger partial charge in [0.15, 0.2) is 17.0 Å². The molecular weight excluding hydrogens is 691 g/mol. The maximum absolute atomic E-state index is 13.6. The van der Waals surface area contributed by atoms with Gasteiger partial charge in [0, 0.05) is 44.2 Å². The van der Waals surface area contributed by atoms with E-state index in [4.69, 9.17) is 9.97 Å². The zero-order valence-electron chi connectivity index (χ0n) is 29.9. The van der Waals surface area contributed by atoms with Crippen molar-refractivity contribution < 1.29 is 33.0 Å². The predicted molar refractivity (Wildman–Crippen MR) is 193 cm³/mol. The minimum absolute atomic E-state index is 0.0348. The fraction of sp³-hybridized carbons (Fsp3) is 0.486. The molecule has 0 radical (unpaired) electrons. The fourth-order valence-electron chi connectivity index (χ4n) is 7.35. The number of rotatable bonds is 12. The number of aromatic nitrogens is 4. The molecule has 0 spiro atoms. The van der Waals surface area contributed by atoms with Crippen LogP contribution in [0.1, 0.15) is 63.1 Å². The first-order valence-corrected chi connectivity index (χ1v) is 18.0. The minimum atomic E-state index is -5.14. The molecule has 2 aromatic heterocycles. The van der Waals surface area contributed by atoms with Crippen molar-refractivity contribution in [2.45, 2.75) is 88.5 Å². The summed E-state index contributed by atoms with van der Waals surface area (Å²) >= 11 is 0. The van der Waals surface area contributed by atoms with Gasteiger partial charge in [-0.25, -0.2) is 9.78 Å². The summed E-state index contributed by atoms with van der Waals surface area (Å²) in [7, 11) is 0. The van der Waals surface area contributed by atoms with Crippen LogP contribution in [0.25, 0.3) is 11.2 Å². The second-order valence-corrected chi connectivity index (χ2v) is 14.0. The highest BCUT2D eigenvalue weighted by Gasteiger charge is 2.51. The zero-order chi connectivity index (χ0) is 37.9. The smallest absolute Gasteiger partial charge is 0.388 e. The number of nitrogens with one attached hydrogen (secondary N) is 3. The predicted octanol–water partition coefficient (Wildman–Crippen LogP) is 4.19. The molecule has 2 aromatic carbocycles. The number of benzene rings is 2. The largest absolute Gasteiger partial charge is 0.471 e. The van der Waals surface area contributed by atoms with Crippen molar-refractivity contribution in [3.8, 4) is 0 Å². The molecule has 1 saturated heterocycles. The molecule has 2 aliphatic rings.